The molecule has 0 heterocycles. The third kappa shape index (κ3) is 3.08. The van der Waals surface area contributed by atoms with Crippen molar-refractivity contribution < 1.29 is 22.4 Å². The molecule has 0 bridgehead atoms. The van der Waals surface area contributed by atoms with E-state index < -0.39 is 23.5 Å². The first-order valence-electron chi connectivity index (χ1n) is 4.15. The summed E-state index contributed by atoms with van der Waals surface area (Å²) in [6.07, 6.45) is -2.71. The van der Waals surface area contributed by atoms with Crippen LogP contribution in [0.25, 0.3) is 6.08 Å². The van der Waals surface area contributed by atoms with E-state index in [1.54, 1.807) is 0 Å². The van der Waals surface area contributed by atoms with Crippen LogP contribution in [0.15, 0.2) is 24.3 Å². The molecule has 0 spiro atoms. The van der Waals surface area contributed by atoms with Crippen molar-refractivity contribution in [2.24, 2.45) is 5.73 Å². The van der Waals surface area contributed by atoms with Crippen LogP contribution in [0.5, 0.6) is 0 Å². The van der Waals surface area contributed by atoms with Gasteiger partial charge in [-0.05, 0) is 18.2 Å². The number of carbonyl (C=O) groups is 1. The standard InChI is InChI=1S/C10H7F4NO/c11-8-5-7(10(12,13)14)3-1-6(8)2-4-9(15)16/h1-5H,(H2,15,16)/b4-2-. The molecule has 2 N–H and O–H groups in total. The second kappa shape index (κ2) is 4.34. The largest absolute Gasteiger partial charge is 0.416 e. The molecule has 2 nitrogen and oxygen atoms in total. The van der Waals surface area contributed by atoms with Crippen LogP contribution >= 0.6 is 0 Å². The van der Waals surface area contributed by atoms with Gasteiger partial charge in [0.15, 0.2) is 0 Å². The number of primary amides is 1. The summed E-state index contributed by atoms with van der Waals surface area (Å²) in [7, 11) is 0. The number of alkyl halides is 3. The normalized spacial score (nSPS) is 12.0. The van der Waals surface area contributed by atoms with E-state index in [-0.39, 0.29) is 5.56 Å². The molecule has 16 heavy (non-hydrogen) atoms. The Balaban J connectivity index is 3.05. The van der Waals surface area contributed by atoms with Gasteiger partial charge in [-0.25, -0.2) is 4.39 Å². The van der Waals surface area contributed by atoms with Crippen LogP contribution in [0, 0.1) is 5.82 Å². The molecule has 0 fully saturated rings. The lowest BCUT2D eigenvalue weighted by molar-refractivity contribution is -0.137. The third-order valence-electron chi connectivity index (χ3n) is 1.75. The lowest BCUT2D eigenvalue weighted by Crippen LogP contribution is -2.06. The molecule has 0 aliphatic heterocycles. The number of benzene rings is 1. The van der Waals surface area contributed by atoms with Gasteiger partial charge in [-0.2, -0.15) is 13.2 Å². The van der Waals surface area contributed by atoms with Crippen LogP contribution in [0.4, 0.5) is 17.6 Å². The molecule has 0 saturated heterocycles. The molecule has 0 aliphatic carbocycles. The maximum atomic E-state index is 13.1. The van der Waals surface area contributed by atoms with Crippen molar-refractivity contribution in [3.05, 3.63) is 41.2 Å². The molecule has 0 saturated carbocycles. The second-order valence-electron chi connectivity index (χ2n) is 2.97. The summed E-state index contributed by atoms with van der Waals surface area (Å²) in [4.78, 5) is 10.3. The molecule has 0 radical (unpaired) electrons. The van der Waals surface area contributed by atoms with Gasteiger partial charge >= 0.3 is 6.18 Å². The van der Waals surface area contributed by atoms with Gasteiger partial charge in [-0.3, -0.25) is 4.79 Å². The zero-order valence-electron chi connectivity index (χ0n) is 7.88. The smallest absolute Gasteiger partial charge is 0.366 e. The van der Waals surface area contributed by atoms with Crippen LogP contribution in [0.2, 0.25) is 0 Å². The van der Waals surface area contributed by atoms with Crippen molar-refractivity contribution in [2.45, 2.75) is 6.18 Å². The Morgan fingerprint density at radius 3 is 2.38 bits per heavy atom. The number of halogens is 4. The van der Waals surface area contributed by atoms with Gasteiger partial charge in [0, 0.05) is 11.6 Å². The number of amides is 1. The molecule has 1 aromatic carbocycles. The topological polar surface area (TPSA) is 43.1 Å². The van der Waals surface area contributed by atoms with Crippen LogP contribution in [-0.4, -0.2) is 5.91 Å². The number of carbonyl (C=O) groups excluding carboxylic acids is 1. The highest BCUT2D eigenvalue weighted by molar-refractivity contribution is 5.90. The molecule has 1 amide bonds. The molecule has 1 aromatic rings. The average molecular weight is 233 g/mol. The Morgan fingerprint density at radius 2 is 1.94 bits per heavy atom. The summed E-state index contributed by atoms with van der Waals surface area (Å²) in [5.74, 6) is -1.87. The monoisotopic (exact) mass is 233 g/mol. The molecule has 86 valence electrons. The first-order valence-corrected chi connectivity index (χ1v) is 4.15. The number of rotatable bonds is 2. The zero-order chi connectivity index (χ0) is 12.3. The second-order valence-corrected chi connectivity index (χ2v) is 2.97. The predicted molar refractivity (Wildman–Crippen MR) is 49.6 cm³/mol. The Hall–Kier alpha value is -1.85. The summed E-state index contributed by atoms with van der Waals surface area (Å²) < 4.78 is 49.6. The van der Waals surface area contributed by atoms with E-state index >= 15 is 0 Å². The Labute approximate surface area is 88.4 Å². The molecular weight excluding hydrogens is 226 g/mol. The van der Waals surface area contributed by atoms with Gasteiger partial charge in [0.2, 0.25) is 5.91 Å². The maximum Gasteiger partial charge on any atom is 0.416 e. The molecule has 0 unspecified atom stereocenters. The zero-order valence-corrected chi connectivity index (χ0v) is 7.88. The summed E-state index contributed by atoms with van der Waals surface area (Å²) in [6, 6.07) is 2.02. The predicted octanol–water partition coefficient (Wildman–Crippen LogP) is 2.34. The highest BCUT2D eigenvalue weighted by atomic mass is 19.4. The van der Waals surface area contributed by atoms with Gasteiger partial charge in [0.1, 0.15) is 5.82 Å². The number of hydrogen-bond acceptors (Lipinski definition) is 1. The molecule has 6 heteroatoms. The van der Waals surface area contributed by atoms with E-state index in [1.165, 1.54) is 0 Å². The van der Waals surface area contributed by atoms with Crippen molar-refractivity contribution in [3.8, 4) is 0 Å². The minimum Gasteiger partial charge on any atom is -0.366 e. The number of nitrogens with two attached hydrogens (primary N) is 1. The summed E-state index contributed by atoms with van der Waals surface area (Å²) >= 11 is 0. The van der Waals surface area contributed by atoms with E-state index in [4.69, 9.17) is 5.73 Å². The quantitative estimate of drug-likeness (QED) is 0.618. The molecular formula is C10H7F4NO. The Kier molecular flexibility index (Phi) is 3.31. The Bertz CT molecular complexity index is 437. The fourth-order valence-electron chi connectivity index (χ4n) is 1.01. The summed E-state index contributed by atoms with van der Waals surface area (Å²) in [5.41, 5.74) is 3.55. The van der Waals surface area contributed by atoms with Gasteiger partial charge in [-0.15, -0.1) is 0 Å². The minimum atomic E-state index is -4.59. The first-order chi connectivity index (χ1) is 7.30. The molecule has 0 atom stereocenters. The number of hydrogen-bond donors (Lipinski definition) is 1. The molecule has 0 aromatic heterocycles. The van der Waals surface area contributed by atoms with Crippen LogP contribution < -0.4 is 5.73 Å². The highest BCUT2D eigenvalue weighted by Crippen LogP contribution is 2.30. The average Bonchev–Trinajstić information content (AvgIpc) is 2.14. The fraction of sp³-hybridized carbons (Fsp3) is 0.100. The van der Waals surface area contributed by atoms with Crippen molar-refractivity contribution in [1.29, 1.82) is 0 Å². The van der Waals surface area contributed by atoms with Gasteiger partial charge < -0.3 is 5.73 Å². The van der Waals surface area contributed by atoms with Crippen molar-refractivity contribution in [2.75, 3.05) is 0 Å². The van der Waals surface area contributed by atoms with Gasteiger partial charge in [0.05, 0.1) is 5.56 Å². The van der Waals surface area contributed by atoms with Gasteiger partial charge in [-0.1, -0.05) is 6.07 Å². The van der Waals surface area contributed by atoms with Crippen molar-refractivity contribution in [1.82, 2.24) is 0 Å². The van der Waals surface area contributed by atoms with E-state index in [0.717, 1.165) is 24.3 Å². The van der Waals surface area contributed by atoms with Crippen molar-refractivity contribution in [3.63, 3.8) is 0 Å². The lowest BCUT2D eigenvalue weighted by atomic mass is 10.1. The van der Waals surface area contributed by atoms with E-state index in [2.05, 4.69) is 0 Å². The van der Waals surface area contributed by atoms with E-state index in [1.807, 2.05) is 0 Å². The van der Waals surface area contributed by atoms with Crippen LogP contribution in [0.3, 0.4) is 0 Å². The van der Waals surface area contributed by atoms with E-state index in [0.29, 0.717) is 6.07 Å². The van der Waals surface area contributed by atoms with Crippen LogP contribution in [0.1, 0.15) is 11.1 Å². The minimum absolute atomic E-state index is 0.133. The van der Waals surface area contributed by atoms with Gasteiger partial charge in [0.25, 0.3) is 0 Å². The van der Waals surface area contributed by atoms with Crippen molar-refractivity contribution >= 4 is 12.0 Å². The lowest BCUT2D eigenvalue weighted by Gasteiger charge is -2.07. The SMILES string of the molecule is NC(=O)/C=C\c1ccc(C(F)(F)F)cc1F. The van der Waals surface area contributed by atoms with Crippen LogP contribution in [-0.2, 0) is 11.0 Å². The molecule has 1 rings (SSSR count). The Morgan fingerprint density at radius 1 is 1.31 bits per heavy atom. The first kappa shape index (κ1) is 12.2. The highest BCUT2D eigenvalue weighted by Gasteiger charge is 2.30. The third-order valence-corrected chi connectivity index (χ3v) is 1.75. The fourth-order valence-corrected chi connectivity index (χ4v) is 1.01. The molecule has 0 aliphatic rings. The summed E-state index contributed by atoms with van der Waals surface area (Å²) in [5, 5.41) is 0. The van der Waals surface area contributed by atoms with E-state index in [9.17, 15) is 22.4 Å². The summed E-state index contributed by atoms with van der Waals surface area (Å²) in [6.45, 7) is 0. The maximum absolute atomic E-state index is 13.1.